The van der Waals surface area contributed by atoms with Gasteiger partial charge in [0.1, 0.15) is 12.2 Å². The maximum atomic E-state index is 13.5. The van der Waals surface area contributed by atoms with Gasteiger partial charge in [0.25, 0.3) is 0 Å². The number of hydrogen-bond donors (Lipinski definition) is 4. The number of methoxy groups -OCH3 is 2. The minimum Gasteiger partial charge on any atom is -0.493 e. The largest absolute Gasteiger partial charge is 0.493 e. The highest BCUT2D eigenvalue weighted by Gasteiger charge is 2.40. The Bertz CT molecular complexity index is 1140. The van der Waals surface area contributed by atoms with Gasteiger partial charge in [-0.25, -0.2) is 0 Å². The average Bonchev–Trinajstić information content (AvgIpc) is 2.94. The number of carbonyl (C=O) groups is 2. The number of carbonyl (C=O) groups excluding carboxylic acids is 2. The molecule has 3 atom stereocenters. The summed E-state index contributed by atoms with van der Waals surface area (Å²) in [6.45, 7) is 0.0815. The van der Waals surface area contributed by atoms with Crippen molar-refractivity contribution in [3.8, 4) is 11.5 Å². The van der Waals surface area contributed by atoms with Gasteiger partial charge in [0, 0.05) is 32.2 Å². The van der Waals surface area contributed by atoms with Crippen molar-refractivity contribution in [3.63, 3.8) is 0 Å². The lowest BCUT2D eigenvalue weighted by Gasteiger charge is -2.40. The normalized spacial score (nSPS) is 18.7. The van der Waals surface area contributed by atoms with E-state index in [1.165, 1.54) is 14.2 Å². The lowest BCUT2D eigenvalue weighted by atomic mass is 9.87. The Morgan fingerprint density at radius 2 is 1.87 bits per heavy atom. The molecule has 0 unspecified atom stereocenters. The van der Waals surface area contributed by atoms with Crippen molar-refractivity contribution >= 4 is 34.4 Å². The van der Waals surface area contributed by atoms with Crippen molar-refractivity contribution in [2.24, 2.45) is 0 Å². The van der Waals surface area contributed by atoms with Gasteiger partial charge in [0.05, 0.1) is 43.0 Å². The quantitative estimate of drug-likeness (QED) is 0.238. The molecule has 11 heteroatoms. The van der Waals surface area contributed by atoms with E-state index in [1.54, 1.807) is 23.1 Å². The second-order valence-electron chi connectivity index (χ2n) is 9.03. The number of ether oxygens (including phenoxy) is 3. The number of aliphatic hydroxyl groups is 3. The molecule has 2 amide bonds. The SMILES string of the molecule is COCCN(C(=O)Cc1ccccc1)[C@@H]1CC(C(=O)NCCO)=C[C@H](Oc2c(I)cc(CO)cc2OC)[C@H]1O. The van der Waals surface area contributed by atoms with Crippen molar-refractivity contribution in [3.05, 3.63) is 68.8 Å². The first kappa shape index (κ1) is 30.8. The van der Waals surface area contributed by atoms with Crippen LogP contribution in [0.1, 0.15) is 17.5 Å². The topological polar surface area (TPSA) is 138 Å². The number of rotatable bonds is 13. The molecular weight excluding hydrogens is 619 g/mol. The Morgan fingerprint density at radius 3 is 2.51 bits per heavy atom. The van der Waals surface area contributed by atoms with Crippen LogP contribution in [0.3, 0.4) is 0 Å². The van der Waals surface area contributed by atoms with Crippen LogP contribution in [0.4, 0.5) is 0 Å². The van der Waals surface area contributed by atoms with E-state index in [0.29, 0.717) is 26.2 Å². The summed E-state index contributed by atoms with van der Waals surface area (Å²) < 4.78 is 17.6. The van der Waals surface area contributed by atoms with Gasteiger partial charge < -0.3 is 39.7 Å². The number of halogens is 1. The summed E-state index contributed by atoms with van der Waals surface area (Å²) in [5.74, 6) is 0.0494. The van der Waals surface area contributed by atoms with Crippen molar-refractivity contribution < 1.29 is 39.1 Å². The van der Waals surface area contributed by atoms with Crippen LogP contribution in [-0.2, 0) is 27.4 Å². The molecule has 0 fully saturated rings. The van der Waals surface area contributed by atoms with Crippen molar-refractivity contribution in [1.82, 2.24) is 10.2 Å². The van der Waals surface area contributed by atoms with Crippen LogP contribution >= 0.6 is 22.6 Å². The molecule has 212 valence electrons. The zero-order chi connectivity index (χ0) is 28.4. The van der Waals surface area contributed by atoms with Gasteiger partial charge in [-0.05, 0) is 51.9 Å². The van der Waals surface area contributed by atoms with Crippen LogP contribution < -0.4 is 14.8 Å². The van der Waals surface area contributed by atoms with Crippen molar-refractivity contribution in [1.29, 1.82) is 0 Å². The molecule has 0 aromatic heterocycles. The lowest BCUT2D eigenvalue weighted by molar-refractivity contribution is -0.138. The van der Waals surface area contributed by atoms with Gasteiger partial charge in [-0.15, -0.1) is 0 Å². The van der Waals surface area contributed by atoms with E-state index in [9.17, 15) is 24.9 Å². The van der Waals surface area contributed by atoms with Crippen molar-refractivity contribution in [2.45, 2.75) is 37.7 Å². The molecule has 2 aromatic carbocycles. The summed E-state index contributed by atoms with van der Waals surface area (Å²) in [4.78, 5) is 28.0. The van der Waals surface area contributed by atoms with Gasteiger partial charge in [-0.1, -0.05) is 30.3 Å². The van der Waals surface area contributed by atoms with E-state index in [2.05, 4.69) is 27.9 Å². The van der Waals surface area contributed by atoms with Crippen LogP contribution in [-0.4, -0.2) is 90.8 Å². The Hall–Kier alpha value is -2.71. The number of amides is 2. The molecule has 10 nitrogen and oxygen atoms in total. The standard InChI is InChI=1S/C28H35IN2O8/c1-37-11-9-31(25(34)14-18-6-4-3-5-7-18)22-15-20(28(36)30-8-10-32)16-23(26(22)35)39-27-21(29)12-19(17-33)13-24(27)38-2/h3-7,12-13,16,22-23,26,32-33,35H,8-11,14-15,17H2,1-2H3,(H,30,36)/t22-,23+,26+/m1/s1. The summed E-state index contributed by atoms with van der Waals surface area (Å²) >= 11 is 2.05. The molecule has 39 heavy (non-hydrogen) atoms. The third kappa shape index (κ3) is 8.15. The zero-order valence-electron chi connectivity index (χ0n) is 22.0. The summed E-state index contributed by atoms with van der Waals surface area (Å²) in [5.41, 5.74) is 1.77. The Kier molecular flexibility index (Phi) is 12.0. The molecule has 0 saturated carbocycles. The second-order valence-corrected chi connectivity index (χ2v) is 10.2. The molecule has 0 saturated heterocycles. The highest BCUT2D eigenvalue weighted by Crippen LogP contribution is 2.37. The highest BCUT2D eigenvalue weighted by molar-refractivity contribution is 14.1. The average molecular weight is 654 g/mol. The van der Waals surface area contributed by atoms with Gasteiger partial charge in [0.15, 0.2) is 11.5 Å². The molecule has 2 aromatic rings. The Labute approximate surface area is 241 Å². The summed E-state index contributed by atoms with van der Waals surface area (Å²) in [5, 5.41) is 32.9. The van der Waals surface area contributed by atoms with E-state index in [0.717, 1.165) is 5.56 Å². The molecule has 0 heterocycles. The van der Waals surface area contributed by atoms with E-state index in [-0.39, 0.29) is 51.7 Å². The third-order valence-corrected chi connectivity index (χ3v) is 7.20. The highest BCUT2D eigenvalue weighted by atomic mass is 127. The fourth-order valence-electron chi connectivity index (χ4n) is 4.43. The monoisotopic (exact) mass is 654 g/mol. The predicted octanol–water partition coefficient (Wildman–Crippen LogP) is 1.43. The summed E-state index contributed by atoms with van der Waals surface area (Å²) in [7, 11) is 3.00. The Balaban J connectivity index is 1.98. The van der Waals surface area contributed by atoms with Gasteiger partial charge in [-0.2, -0.15) is 0 Å². The van der Waals surface area contributed by atoms with Crippen LogP contribution in [0.25, 0.3) is 0 Å². The lowest BCUT2D eigenvalue weighted by Crippen LogP contribution is -2.56. The van der Waals surface area contributed by atoms with E-state index >= 15 is 0 Å². The van der Waals surface area contributed by atoms with E-state index < -0.39 is 24.2 Å². The first-order valence-electron chi connectivity index (χ1n) is 12.6. The third-order valence-electron chi connectivity index (χ3n) is 6.40. The fourth-order valence-corrected chi connectivity index (χ4v) is 5.22. The molecule has 0 radical (unpaired) electrons. The molecule has 0 spiro atoms. The van der Waals surface area contributed by atoms with Crippen molar-refractivity contribution in [2.75, 3.05) is 40.5 Å². The number of nitrogens with one attached hydrogen (secondary N) is 1. The number of hydrogen-bond acceptors (Lipinski definition) is 8. The molecule has 1 aliphatic carbocycles. The van der Waals surface area contributed by atoms with Crippen LogP contribution in [0.15, 0.2) is 54.1 Å². The predicted molar refractivity (Wildman–Crippen MR) is 152 cm³/mol. The summed E-state index contributed by atoms with van der Waals surface area (Å²) in [6.07, 6.45) is -0.451. The van der Waals surface area contributed by atoms with Crippen LogP contribution in [0, 0.1) is 3.57 Å². The fraction of sp³-hybridized carbons (Fsp3) is 0.429. The minimum absolute atomic E-state index is 0.0591. The number of nitrogens with zero attached hydrogens (tertiary/aromatic N) is 1. The first-order valence-corrected chi connectivity index (χ1v) is 13.6. The molecule has 0 aliphatic heterocycles. The maximum Gasteiger partial charge on any atom is 0.247 e. The van der Waals surface area contributed by atoms with Gasteiger partial charge in [-0.3, -0.25) is 9.59 Å². The molecule has 0 bridgehead atoms. The maximum absolute atomic E-state index is 13.5. The summed E-state index contributed by atoms with van der Waals surface area (Å²) in [6, 6.07) is 11.9. The van der Waals surface area contributed by atoms with E-state index in [1.807, 2.05) is 30.3 Å². The van der Waals surface area contributed by atoms with Crippen LogP contribution in [0.5, 0.6) is 11.5 Å². The second kappa shape index (κ2) is 15.2. The first-order chi connectivity index (χ1) is 18.8. The Morgan fingerprint density at radius 1 is 1.13 bits per heavy atom. The molecule has 3 rings (SSSR count). The van der Waals surface area contributed by atoms with Crippen LogP contribution in [0.2, 0.25) is 0 Å². The molecular formula is C28H35IN2O8. The number of benzene rings is 2. The van der Waals surface area contributed by atoms with Gasteiger partial charge in [0.2, 0.25) is 11.8 Å². The molecule has 1 aliphatic rings. The molecule has 4 N–H and O–H groups in total. The van der Waals surface area contributed by atoms with E-state index in [4.69, 9.17) is 14.2 Å². The minimum atomic E-state index is -1.19. The number of aliphatic hydroxyl groups excluding tert-OH is 3. The zero-order valence-corrected chi connectivity index (χ0v) is 24.2. The smallest absolute Gasteiger partial charge is 0.247 e. The van der Waals surface area contributed by atoms with Gasteiger partial charge >= 0.3 is 0 Å².